The quantitative estimate of drug-likeness (QED) is 0.508. The summed E-state index contributed by atoms with van der Waals surface area (Å²) in [6.07, 6.45) is 0. The molecule has 0 aromatic heterocycles. The predicted molar refractivity (Wildman–Crippen MR) is 71.2 cm³/mol. The van der Waals surface area contributed by atoms with Crippen molar-refractivity contribution in [1.82, 2.24) is 0 Å². The van der Waals surface area contributed by atoms with Gasteiger partial charge in [-0.2, -0.15) is 12.6 Å². The van der Waals surface area contributed by atoms with Crippen LogP contribution in [0.1, 0.15) is 13.8 Å². The van der Waals surface area contributed by atoms with E-state index in [9.17, 15) is 10.1 Å². The number of hydrogen-bond donors (Lipinski definition) is 1. The second-order valence-corrected chi connectivity index (χ2v) is 5.21. The highest BCUT2D eigenvalue weighted by molar-refractivity contribution is 7.80. The number of hydrogen-bond acceptors (Lipinski definition) is 4. The third-order valence-corrected chi connectivity index (χ3v) is 3.32. The zero-order valence-electron chi connectivity index (χ0n) is 9.64. The fourth-order valence-corrected chi connectivity index (χ4v) is 1.36. The molecule has 0 fully saturated rings. The number of non-ortho nitro benzene ring substituents is 1. The van der Waals surface area contributed by atoms with E-state index in [1.807, 2.05) is 13.8 Å². The third-order valence-electron chi connectivity index (χ3n) is 2.17. The average Bonchev–Trinajstić information content (AvgIpc) is 2.27. The first-order chi connectivity index (χ1) is 7.85. The van der Waals surface area contributed by atoms with Gasteiger partial charge in [0.15, 0.2) is 0 Å². The summed E-state index contributed by atoms with van der Waals surface area (Å²) in [7, 11) is 0. The maximum Gasteiger partial charge on any atom is 0.271 e. The summed E-state index contributed by atoms with van der Waals surface area (Å²) in [5.41, 5.74) is -0.121. The van der Waals surface area contributed by atoms with Crippen molar-refractivity contribution in [2.45, 2.75) is 13.8 Å². The molecule has 0 heterocycles. The van der Waals surface area contributed by atoms with Gasteiger partial charge in [-0.25, -0.2) is 0 Å². The molecule has 0 N–H and O–H groups in total. The Hall–Kier alpha value is -0.940. The number of thiol groups is 1. The SMILES string of the molecule is CC(C)(CS)COc1ccc([N+](=O)[O-])cc1Cl. The normalized spacial score (nSPS) is 11.3. The molecule has 0 bridgehead atoms. The summed E-state index contributed by atoms with van der Waals surface area (Å²) in [6, 6.07) is 4.16. The minimum absolute atomic E-state index is 0.0456. The van der Waals surface area contributed by atoms with Crippen molar-refractivity contribution >= 4 is 29.9 Å². The lowest BCUT2D eigenvalue weighted by molar-refractivity contribution is -0.384. The van der Waals surface area contributed by atoms with Crippen LogP contribution in [0.4, 0.5) is 5.69 Å². The van der Waals surface area contributed by atoms with Gasteiger partial charge in [-0.05, 0) is 11.8 Å². The van der Waals surface area contributed by atoms with E-state index in [2.05, 4.69) is 12.6 Å². The van der Waals surface area contributed by atoms with E-state index in [0.29, 0.717) is 18.1 Å². The number of rotatable bonds is 5. The molecule has 0 saturated carbocycles. The van der Waals surface area contributed by atoms with E-state index in [1.165, 1.54) is 18.2 Å². The van der Waals surface area contributed by atoms with E-state index in [4.69, 9.17) is 16.3 Å². The predicted octanol–water partition coefficient (Wildman–Crippen LogP) is 3.58. The molecule has 0 saturated heterocycles. The lowest BCUT2D eigenvalue weighted by Crippen LogP contribution is -2.23. The van der Waals surface area contributed by atoms with Crippen molar-refractivity contribution in [3.63, 3.8) is 0 Å². The first-order valence-corrected chi connectivity index (χ1v) is 6.04. The molecule has 0 aliphatic heterocycles. The second kappa shape index (κ2) is 5.60. The van der Waals surface area contributed by atoms with Crippen LogP contribution in [0.2, 0.25) is 5.02 Å². The van der Waals surface area contributed by atoms with Crippen LogP contribution in [0.5, 0.6) is 5.75 Å². The van der Waals surface area contributed by atoms with Gasteiger partial charge in [0, 0.05) is 17.5 Å². The number of nitrogens with zero attached hydrogens (tertiary/aromatic N) is 1. The van der Waals surface area contributed by atoms with Crippen LogP contribution in [0.25, 0.3) is 0 Å². The monoisotopic (exact) mass is 275 g/mol. The third kappa shape index (κ3) is 4.09. The fourth-order valence-electron chi connectivity index (χ4n) is 1.04. The number of ether oxygens (including phenoxy) is 1. The molecule has 94 valence electrons. The maximum absolute atomic E-state index is 10.5. The Labute approximate surface area is 110 Å². The van der Waals surface area contributed by atoms with E-state index in [0.717, 1.165) is 0 Å². The van der Waals surface area contributed by atoms with E-state index < -0.39 is 4.92 Å². The summed E-state index contributed by atoms with van der Waals surface area (Å²) in [5, 5.41) is 10.8. The summed E-state index contributed by atoms with van der Waals surface area (Å²) in [4.78, 5) is 10.0. The van der Waals surface area contributed by atoms with Crippen molar-refractivity contribution in [3.05, 3.63) is 33.3 Å². The van der Waals surface area contributed by atoms with Crippen molar-refractivity contribution < 1.29 is 9.66 Å². The molecule has 6 heteroatoms. The molecule has 0 aliphatic rings. The molecule has 1 rings (SSSR count). The Morgan fingerprint density at radius 3 is 2.65 bits per heavy atom. The maximum atomic E-state index is 10.5. The molecule has 1 aromatic rings. The minimum Gasteiger partial charge on any atom is -0.491 e. The van der Waals surface area contributed by atoms with E-state index in [1.54, 1.807) is 0 Å². The van der Waals surface area contributed by atoms with Crippen LogP contribution in [-0.4, -0.2) is 17.3 Å². The lowest BCUT2D eigenvalue weighted by Gasteiger charge is -2.22. The molecule has 17 heavy (non-hydrogen) atoms. The van der Waals surface area contributed by atoms with Gasteiger partial charge < -0.3 is 4.74 Å². The van der Waals surface area contributed by atoms with E-state index in [-0.39, 0.29) is 16.1 Å². The molecule has 0 spiro atoms. The standard InChI is InChI=1S/C11H14ClNO3S/c1-11(2,7-17)6-16-10-4-3-8(13(14)15)5-9(10)12/h3-5,17H,6-7H2,1-2H3. The lowest BCUT2D eigenvalue weighted by atomic mass is 9.98. The summed E-state index contributed by atoms with van der Waals surface area (Å²) < 4.78 is 5.52. The Bertz CT molecular complexity index is 423. The number of nitro groups is 1. The number of halogens is 1. The Balaban J connectivity index is 2.77. The summed E-state index contributed by atoms with van der Waals surface area (Å²) >= 11 is 10.1. The van der Waals surface area contributed by atoms with Gasteiger partial charge in [0.2, 0.25) is 0 Å². The van der Waals surface area contributed by atoms with E-state index >= 15 is 0 Å². The Kier molecular flexibility index (Phi) is 4.65. The van der Waals surface area contributed by atoms with Crippen LogP contribution >= 0.6 is 24.2 Å². The van der Waals surface area contributed by atoms with Crippen LogP contribution in [0.15, 0.2) is 18.2 Å². The highest BCUT2D eigenvalue weighted by Crippen LogP contribution is 2.30. The van der Waals surface area contributed by atoms with Gasteiger partial charge >= 0.3 is 0 Å². The molecule has 1 aromatic carbocycles. The molecular weight excluding hydrogens is 262 g/mol. The Morgan fingerprint density at radius 1 is 1.53 bits per heavy atom. The van der Waals surface area contributed by atoms with Gasteiger partial charge in [0.05, 0.1) is 16.6 Å². The highest BCUT2D eigenvalue weighted by atomic mass is 35.5. The first kappa shape index (κ1) is 14.1. The molecule has 0 atom stereocenters. The molecule has 4 nitrogen and oxygen atoms in total. The fraction of sp³-hybridized carbons (Fsp3) is 0.455. The average molecular weight is 276 g/mol. The van der Waals surface area contributed by atoms with Crippen LogP contribution in [0.3, 0.4) is 0 Å². The molecule has 0 aliphatic carbocycles. The Morgan fingerprint density at radius 2 is 2.18 bits per heavy atom. The van der Waals surface area contributed by atoms with Crippen LogP contribution in [-0.2, 0) is 0 Å². The van der Waals surface area contributed by atoms with Crippen molar-refractivity contribution in [3.8, 4) is 5.75 Å². The van der Waals surface area contributed by atoms with Crippen LogP contribution in [0, 0.1) is 15.5 Å². The molecule has 0 amide bonds. The number of nitro benzene ring substituents is 1. The summed E-state index contributed by atoms with van der Waals surface area (Å²) in [6.45, 7) is 4.48. The summed E-state index contributed by atoms with van der Waals surface area (Å²) in [5.74, 6) is 1.13. The van der Waals surface area contributed by atoms with Crippen molar-refractivity contribution in [1.29, 1.82) is 0 Å². The van der Waals surface area contributed by atoms with Gasteiger partial charge in [-0.3, -0.25) is 10.1 Å². The van der Waals surface area contributed by atoms with Gasteiger partial charge in [-0.1, -0.05) is 25.4 Å². The largest absolute Gasteiger partial charge is 0.491 e. The highest BCUT2D eigenvalue weighted by Gasteiger charge is 2.18. The molecular formula is C11H14ClNO3S. The smallest absolute Gasteiger partial charge is 0.271 e. The molecule has 0 unspecified atom stereocenters. The molecule has 0 radical (unpaired) electrons. The van der Waals surface area contributed by atoms with Gasteiger partial charge in [0.1, 0.15) is 5.75 Å². The van der Waals surface area contributed by atoms with Gasteiger partial charge in [-0.15, -0.1) is 0 Å². The topological polar surface area (TPSA) is 52.4 Å². The minimum atomic E-state index is -0.493. The second-order valence-electron chi connectivity index (χ2n) is 4.48. The first-order valence-electron chi connectivity index (χ1n) is 5.03. The number of benzene rings is 1. The van der Waals surface area contributed by atoms with Crippen molar-refractivity contribution in [2.75, 3.05) is 12.4 Å². The van der Waals surface area contributed by atoms with Crippen LogP contribution < -0.4 is 4.74 Å². The zero-order valence-corrected chi connectivity index (χ0v) is 11.3. The van der Waals surface area contributed by atoms with Gasteiger partial charge in [0.25, 0.3) is 5.69 Å². The van der Waals surface area contributed by atoms with Crippen molar-refractivity contribution in [2.24, 2.45) is 5.41 Å². The zero-order chi connectivity index (χ0) is 13.1.